The fraction of sp³-hybridized carbons (Fsp3) is 0.320. The highest BCUT2D eigenvalue weighted by molar-refractivity contribution is 5.83. The zero-order chi connectivity index (χ0) is 22.2. The third-order valence-electron chi connectivity index (χ3n) is 6.22. The van der Waals surface area contributed by atoms with Gasteiger partial charge in [0, 0.05) is 30.8 Å². The first kappa shape index (κ1) is 20.3. The zero-order valence-electron chi connectivity index (χ0n) is 18.2. The molecular formula is C25H26N4O3. The molecule has 3 heterocycles. The molecule has 1 N–H and O–H groups in total. The summed E-state index contributed by atoms with van der Waals surface area (Å²) >= 11 is 0. The van der Waals surface area contributed by atoms with Gasteiger partial charge in [0.15, 0.2) is 0 Å². The molecule has 1 unspecified atom stereocenters. The van der Waals surface area contributed by atoms with Crippen LogP contribution in [0, 0.1) is 11.8 Å². The second-order valence-corrected chi connectivity index (χ2v) is 8.80. The largest absolute Gasteiger partial charge is 0.464 e. The maximum absolute atomic E-state index is 12.5. The molecule has 7 nitrogen and oxygen atoms in total. The van der Waals surface area contributed by atoms with E-state index in [9.17, 15) is 9.59 Å². The van der Waals surface area contributed by atoms with Crippen LogP contribution in [0.1, 0.15) is 26.1 Å². The van der Waals surface area contributed by atoms with Crippen molar-refractivity contribution in [3.8, 4) is 16.8 Å². The number of rotatable bonds is 5. The summed E-state index contributed by atoms with van der Waals surface area (Å²) in [5.74, 6) is 1.19. The van der Waals surface area contributed by atoms with Crippen LogP contribution in [0.5, 0.6) is 0 Å². The van der Waals surface area contributed by atoms with Crippen molar-refractivity contribution >= 4 is 16.9 Å². The Morgan fingerprint density at radius 1 is 1.16 bits per heavy atom. The molecule has 0 aliphatic carbocycles. The smallest absolute Gasteiger partial charge is 0.347 e. The zero-order valence-corrected chi connectivity index (χ0v) is 18.2. The molecule has 1 amide bonds. The standard InChI is InChI=1S/C25H26N4O3/c1-16(2)24(30)28-11-9-17(15-28)13-23-26-27-25(31)29(23)21-6-3-18(4-7-21)19-5-8-22-20(14-19)10-12-32-22/h3-8,10,12,14,16-17H,9,11,13,15H2,1-2H3,(H,27,31). The lowest BCUT2D eigenvalue weighted by molar-refractivity contribution is -0.133. The number of hydrogen-bond acceptors (Lipinski definition) is 4. The van der Waals surface area contributed by atoms with Crippen molar-refractivity contribution in [2.45, 2.75) is 26.7 Å². The van der Waals surface area contributed by atoms with E-state index in [1.54, 1.807) is 10.8 Å². The molecule has 0 saturated carbocycles. The van der Waals surface area contributed by atoms with Gasteiger partial charge in [0.25, 0.3) is 0 Å². The monoisotopic (exact) mass is 430 g/mol. The number of fused-ring (bicyclic) bond motifs is 1. The Hall–Kier alpha value is -3.61. The van der Waals surface area contributed by atoms with Crippen molar-refractivity contribution in [1.82, 2.24) is 19.7 Å². The summed E-state index contributed by atoms with van der Waals surface area (Å²) in [6, 6.07) is 15.9. The quantitative estimate of drug-likeness (QED) is 0.518. The molecule has 0 radical (unpaired) electrons. The number of aromatic nitrogens is 3. The van der Waals surface area contributed by atoms with Crippen LogP contribution in [-0.2, 0) is 11.2 Å². The van der Waals surface area contributed by atoms with E-state index in [4.69, 9.17) is 4.42 Å². The summed E-state index contributed by atoms with van der Waals surface area (Å²) < 4.78 is 7.05. The summed E-state index contributed by atoms with van der Waals surface area (Å²) in [5.41, 5.74) is 3.54. The number of carbonyl (C=O) groups excluding carboxylic acids is 1. The highest BCUT2D eigenvalue weighted by atomic mass is 16.3. The number of nitrogens with one attached hydrogen (secondary N) is 1. The van der Waals surface area contributed by atoms with Crippen LogP contribution in [-0.4, -0.2) is 38.7 Å². The van der Waals surface area contributed by atoms with Gasteiger partial charge < -0.3 is 9.32 Å². The molecule has 0 bridgehead atoms. The number of carbonyl (C=O) groups is 1. The fourth-order valence-corrected chi connectivity index (χ4v) is 4.50. The van der Waals surface area contributed by atoms with Gasteiger partial charge in [-0.15, -0.1) is 0 Å². The first-order valence-electron chi connectivity index (χ1n) is 11.0. The Morgan fingerprint density at radius 3 is 2.72 bits per heavy atom. The molecule has 1 aliphatic rings. The van der Waals surface area contributed by atoms with Crippen LogP contribution in [0.2, 0.25) is 0 Å². The molecule has 1 fully saturated rings. The number of hydrogen-bond donors (Lipinski definition) is 1. The lowest BCUT2D eigenvalue weighted by Gasteiger charge is -2.18. The Morgan fingerprint density at radius 2 is 1.94 bits per heavy atom. The third-order valence-corrected chi connectivity index (χ3v) is 6.22. The van der Waals surface area contributed by atoms with Crippen LogP contribution >= 0.6 is 0 Å². The van der Waals surface area contributed by atoms with Gasteiger partial charge in [-0.25, -0.2) is 14.5 Å². The van der Waals surface area contributed by atoms with Gasteiger partial charge in [-0.2, -0.15) is 5.10 Å². The van der Waals surface area contributed by atoms with Gasteiger partial charge in [-0.05, 0) is 53.8 Å². The number of amides is 1. The predicted octanol–water partition coefficient (Wildman–Crippen LogP) is 4.02. The average Bonchev–Trinajstić information content (AvgIpc) is 3.53. The first-order chi connectivity index (χ1) is 15.5. The van der Waals surface area contributed by atoms with E-state index in [0.29, 0.717) is 24.7 Å². The molecule has 5 rings (SSSR count). The van der Waals surface area contributed by atoms with E-state index in [1.807, 2.05) is 61.2 Å². The topological polar surface area (TPSA) is 84.1 Å². The molecule has 1 saturated heterocycles. The fourth-order valence-electron chi connectivity index (χ4n) is 4.50. The summed E-state index contributed by atoms with van der Waals surface area (Å²) in [5, 5.41) is 7.93. The van der Waals surface area contributed by atoms with Crippen molar-refractivity contribution < 1.29 is 9.21 Å². The number of aromatic amines is 1. The number of nitrogens with zero attached hydrogens (tertiary/aromatic N) is 3. The van der Waals surface area contributed by atoms with Gasteiger partial charge in [-0.1, -0.05) is 32.0 Å². The molecule has 1 aliphatic heterocycles. The van der Waals surface area contributed by atoms with Gasteiger partial charge in [0.1, 0.15) is 11.4 Å². The Balaban J connectivity index is 1.36. The minimum Gasteiger partial charge on any atom is -0.464 e. The Kier molecular flexibility index (Phi) is 5.17. The van der Waals surface area contributed by atoms with Crippen LogP contribution in [0.15, 0.2) is 64.0 Å². The summed E-state index contributed by atoms with van der Waals surface area (Å²) in [6.07, 6.45) is 3.27. The second kappa shape index (κ2) is 8.15. The highest BCUT2D eigenvalue weighted by Crippen LogP contribution is 2.27. The summed E-state index contributed by atoms with van der Waals surface area (Å²) in [7, 11) is 0. The molecule has 4 aromatic rings. The normalized spacial score (nSPS) is 16.3. The van der Waals surface area contributed by atoms with E-state index < -0.39 is 0 Å². The Labute approximate surface area is 185 Å². The molecular weight excluding hydrogens is 404 g/mol. The van der Waals surface area contributed by atoms with E-state index in [-0.39, 0.29) is 17.5 Å². The Bertz CT molecular complexity index is 1310. The third kappa shape index (κ3) is 3.75. The van der Waals surface area contributed by atoms with Gasteiger partial charge in [0.2, 0.25) is 5.91 Å². The predicted molar refractivity (Wildman–Crippen MR) is 123 cm³/mol. The van der Waals surface area contributed by atoms with Crippen LogP contribution < -0.4 is 5.69 Å². The first-order valence-corrected chi connectivity index (χ1v) is 11.0. The van der Waals surface area contributed by atoms with E-state index in [0.717, 1.165) is 40.7 Å². The minimum atomic E-state index is -0.249. The molecule has 0 spiro atoms. The van der Waals surface area contributed by atoms with Gasteiger partial charge in [0.05, 0.1) is 12.0 Å². The van der Waals surface area contributed by atoms with Crippen molar-refractivity contribution in [2.24, 2.45) is 11.8 Å². The summed E-state index contributed by atoms with van der Waals surface area (Å²) in [6.45, 7) is 5.34. The minimum absolute atomic E-state index is 0.00467. The number of furan rings is 1. The summed E-state index contributed by atoms with van der Waals surface area (Å²) in [4.78, 5) is 26.7. The maximum Gasteiger partial charge on any atom is 0.347 e. The van der Waals surface area contributed by atoms with Crippen molar-refractivity contribution in [1.29, 1.82) is 0 Å². The molecule has 32 heavy (non-hydrogen) atoms. The molecule has 1 atom stereocenters. The molecule has 2 aromatic carbocycles. The van der Waals surface area contributed by atoms with E-state index in [2.05, 4.69) is 16.3 Å². The lowest BCUT2D eigenvalue weighted by Crippen LogP contribution is -2.32. The van der Waals surface area contributed by atoms with E-state index >= 15 is 0 Å². The van der Waals surface area contributed by atoms with Gasteiger partial charge in [-0.3, -0.25) is 4.79 Å². The number of benzene rings is 2. The van der Waals surface area contributed by atoms with Gasteiger partial charge >= 0.3 is 5.69 Å². The average molecular weight is 431 g/mol. The van der Waals surface area contributed by atoms with Crippen molar-refractivity contribution in [3.63, 3.8) is 0 Å². The SMILES string of the molecule is CC(C)C(=O)N1CCC(Cc2n[nH]c(=O)n2-c2ccc(-c3ccc4occc4c3)cc2)C1. The number of H-pyrrole nitrogens is 1. The van der Waals surface area contributed by atoms with E-state index in [1.165, 1.54) is 0 Å². The van der Waals surface area contributed by atoms with Crippen LogP contribution in [0.3, 0.4) is 0 Å². The molecule has 164 valence electrons. The maximum atomic E-state index is 12.5. The highest BCUT2D eigenvalue weighted by Gasteiger charge is 2.29. The van der Waals surface area contributed by atoms with Crippen LogP contribution in [0.25, 0.3) is 27.8 Å². The second-order valence-electron chi connectivity index (χ2n) is 8.80. The van der Waals surface area contributed by atoms with Crippen molar-refractivity contribution in [2.75, 3.05) is 13.1 Å². The lowest BCUT2D eigenvalue weighted by atomic mass is 10.0. The number of likely N-dealkylation sites (tertiary alicyclic amines) is 1. The molecule has 2 aromatic heterocycles. The van der Waals surface area contributed by atoms with Crippen molar-refractivity contribution in [3.05, 3.63) is 71.1 Å². The van der Waals surface area contributed by atoms with Crippen LogP contribution in [0.4, 0.5) is 0 Å². The molecule has 7 heteroatoms.